The van der Waals surface area contributed by atoms with E-state index >= 15 is 0 Å². The molecule has 0 aromatic heterocycles. The summed E-state index contributed by atoms with van der Waals surface area (Å²) in [5.74, 6) is 0. The van der Waals surface area contributed by atoms with E-state index in [1.165, 1.54) is 38.5 Å². The number of hydrogen-bond donors (Lipinski definition) is 1. The van der Waals surface area contributed by atoms with E-state index in [9.17, 15) is 0 Å². The Hall–Kier alpha value is -0.120. The summed E-state index contributed by atoms with van der Waals surface area (Å²) in [6.07, 6.45) is 7.40. The zero-order chi connectivity index (χ0) is 10.7. The molecule has 0 amide bonds. The first-order chi connectivity index (χ1) is 7.27. The van der Waals surface area contributed by atoms with Crippen molar-refractivity contribution >= 4 is 0 Å². The van der Waals surface area contributed by atoms with Gasteiger partial charge in [-0.15, -0.1) is 0 Å². The minimum absolute atomic E-state index is 0.462. The van der Waals surface area contributed by atoms with Gasteiger partial charge in [-0.1, -0.05) is 0 Å². The molecule has 0 atom stereocenters. The third kappa shape index (κ3) is 2.92. The maximum Gasteiger partial charge on any atom is 0.0480 e. The van der Waals surface area contributed by atoms with E-state index in [1.54, 1.807) is 0 Å². The zero-order valence-corrected chi connectivity index (χ0v) is 9.82. The average Bonchev–Trinajstić information content (AvgIpc) is 2.30. The van der Waals surface area contributed by atoms with Crippen LogP contribution in [0.25, 0.3) is 0 Å². The maximum absolute atomic E-state index is 5.94. The van der Waals surface area contributed by atoms with E-state index in [1.807, 2.05) is 0 Å². The lowest BCUT2D eigenvalue weighted by molar-refractivity contribution is 0.0211. The highest BCUT2D eigenvalue weighted by atomic mass is 16.5. The lowest BCUT2D eigenvalue weighted by Crippen LogP contribution is -2.46. The van der Waals surface area contributed by atoms with Crippen molar-refractivity contribution in [3.8, 4) is 0 Å². The molecule has 2 fully saturated rings. The molecule has 1 heterocycles. The molecular weight excluding hydrogens is 188 g/mol. The van der Waals surface area contributed by atoms with Gasteiger partial charge >= 0.3 is 0 Å². The highest BCUT2D eigenvalue weighted by Gasteiger charge is 2.27. The van der Waals surface area contributed by atoms with Crippen LogP contribution in [0, 0.1) is 0 Å². The molecular formula is C12H24N2O. The Labute approximate surface area is 93.0 Å². The van der Waals surface area contributed by atoms with Crippen molar-refractivity contribution in [1.29, 1.82) is 0 Å². The normalized spacial score (nSPS) is 34.6. The zero-order valence-electron chi connectivity index (χ0n) is 9.82. The van der Waals surface area contributed by atoms with Gasteiger partial charge in [-0.25, -0.2) is 0 Å². The quantitative estimate of drug-likeness (QED) is 0.751. The van der Waals surface area contributed by atoms with Gasteiger partial charge in [-0.2, -0.15) is 0 Å². The van der Waals surface area contributed by atoms with Crippen molar-refractivity contribution in [2.24, 2.45) is 5.73 Å². The van der Waals surface area contributed by atoms with Gasteiger partial charge in [0, 0.05) is 31.3 Å². The minimum Gasteiger partial charge on any atom is -0.381 e. The highest BCUT2D eigenvalue weighted by Crippen LogP contribution is 2.25. The van der Waals surface area contributed by atoms with Crippen LogP contribution < -0.4 is 5.73 Å². The van der Waals surface area contributed by atoms with Crippen molar-refractivity contribution in [2.45, 2.75) is 56.7 Å². The molecule has 1 aliphatic carbocycles. The molecule has 0 bridgehead atoms. The molecule has 0 unspecified atom stereocenters. The predicted molar refractivity (Wildman–Crippen MR) is 61.8 cm³/mol. The summed E-state index contributed by atoms with van der Waals surface area (Å²) in [4.78, 5) is 2.59. The number of ether oxygens (including phenoxy) is 1. The van der Waals surface area contributed by atoms with E-state index in [0.717, 1.165) is 25.3 Å². The van der Waals surface area contributed by atoms with Crippen LogP contribution in [0.3, 0.4) is 0 Å². The second-order valence-corrected chi connectivity index (χ2v) is 5.08. The molecule has 2 aliphatic rings. The van der Waals surface area contributed by atoms with E-state index in [4.69, 9.17) is 10.5 Å². The number of nitrogens with zero attached hydrogens (tertiary/aromatic N) is 1. The van der Waals surface area contributed by atoms with Crippen LogP contribution in [0.5, 0.6) is 0 Å². The lowest BCUT2D eigenvalue weighted by Gasteiger charge is -2.40. The third-order valence-electron chi connectivity index (χ3n) is 4.08. The molecule has 2 N–H and O–H groups in total. The summed E-state index contributed by atoms with van der Waals surface area (Å²) in [6.45, 7) is 1.89. The van der Waals surface area contributed by atoms with E-state index in [0.29, 0.717) is 6.04 Å². The topological polar surface area (TPSA) is 38.5 Å². The molecule has 1 aliphatic heterocycles. The van der Waals surface area contributed by atoms with Gasteiger partial charge < -0.3 is 15.4 Å². The molecule has 88 valence electrons. The summed E-state index contributed by atoms with van der Waals surface area (Å²) in [6, 6.07) is 1.98. The van der Waals surface area contributed by atoms with Crippen LogP contribution in [-0.2, 0) is 4.74 Å². The molecule has 15 heavy (non-hydrogen) atoms. The van der Waals surface area contributed by atoms with Gasteiger partial charge in [0.25, 0.3) is 0 Å². The Morgan fingerprint density at radius 3 is 2.07 bits per heavy atom. The Balaban J connectivity index is 1.81. The van der Waals surface area contributed by atoms with Crippen molar-refractivity contribution in [2.75, 3.05) is 20.3 Å². The van der Waals surface area contributed by atoms with Gasteiger partial charge in [0.05, 0.1) is 0 Å². The second kappa shape index (κ2) is 5.28. The SMILES string of the molecule is CN(C1CCOCC1)C1CCC(N)CC1. The molecule has 3 nitrogen and oxygen atoms in total. The highest BCUT2D eigenvalue weighted by molar-refractivity contribution is 4.84. The van der Waals surface area contributed by atoms with E-state index in [-0.39, 0.29) is 0 Å². The summed E-state index contributed by atoms with van der Waals surface area (Å²) in [7, 11) is 2.29. The summed E-state index contributed by atoms with van der Waals surface area (Å²) >= 11 is 0. The first kappa shape index (κ1) is 11.4. The van der Waals surface area contributed by atoms with Crippen LogP contribution in [0.15, 0.2) is 0 Å². The molecule has 1 saturated heterocycles. The van der Waals surface area contributed by atoms with Crippen molar-refractivity contribution in [3.05, 3.63) is 0 Å². The number of rotatable bonds is 2. The van der Waals surface area contributed by atoms with E-state index in [2.05, 4.69) is 11.9 Å². The largest absolute Gasteiger partial charge is 0.381 e. The van der Waals surface area contributed by atoms with Crippen molar-refractivity contribution in [1.82, 2.24) is 4.90 Å². The first-order valence-corrected chi connectivity index (χ1v) is 6.32. The first-order valence-electron chi connectivity index (χ1n) is 6.32. The van der Waals surface area contributed by atoms with E-state index < -0.39 is 0 Å². The van der Waals surface area contributed by atoms with Gasteiger partial charge in [0.1, 0.15) is 0 Å². The smallest absolute Gasteiger partial charge is 0.0480 e. The van der Waals surface area contributed by atoms with Gasteiger partial charge in [0.15, 0.2) is 0 Å². The Kier molecular flexibility index (Phi) is 4.00. The molecule has 2 rings (SSSR count). The molecule has 1 saturated carbocycles. The summed E-state index contributed by atoms with van der Waals surface area (Å²) < 4.78 is 5.41. The molecule has 3 heteroatoms. The fourth-order valence-corrected chi connectivity index (χ4v) is 2.90. The van der Waals surface area contributed by atoms with Crippen LogP contribution in [0.2, 0.25) is 0 Å². The minimum atomic E-state index is 0.462. The predicted octanol–water partition coefficient (Wildman–Crippen LogP) is 1.37. The molecule has 0 spiro atoms. The Bertz CT molecular complexity index is 184. The van der Waals surface area contributed by atoms with Gasteiger partial charge in [0.2, 0.25) is 0 Å². The Morgan fingerprint density at radius 1 is 0.933 bits per heavy atom. The van der Waals surface area contributed by atoms with Gasteiger partial charge in [-0.3, -0.25) is 0 Å². The van der Waals surface area contributed by atoms with Crippen LogP contribution in [-0.4, -0.2) is 43.3 Å². The lowest BCUT2D eigenvalue weighted by atomic mass is 9.89. The van der Waals surface area contributed by atoms with Crippen molar-refractivity contribution < 1.29 is 4.74 Å². The van der Waals surface area contributed by atoms with Crippen molar-refractivity contribution in [3.63, 3.8) is 0 Å². The fraction of sp³-hybridized carbons (Fsp3) is 1.00. The summed E-state index contributed by atoms with van der Waals surface area (Å²) in [5.41, 5.74) is 5.94. The number of hydrogen-bond acceptors (Lipinski definition) is 3. The third-order valence-corrected chi connectivity index (χ3v) is 4.08. The van der Waals surface area contributed by atoms with Crippen LogP contribution >= 0.6 is 0 Å². The second-order valence-electron chi connectivity index (χ2n) is 5.08. The summed E-state index contributed by atoms with van der Waals surface area (Å²) in [5, 5.41) is 0. The number of nitrogens with two attached hydrogens (primary N) is 1. The average molecular weight is 212 g/mol. The molecule has 0 radical (unpaired) electrons. The monoisotopic (exact) mass is 212 g/mol. The standard InChI is InChI=1S/C12H24N2O/c1-14(12-6-8-15-9-7-12)11-4-2-10(13)3-5-11/h10-12H,2-9,13H2,1H3. The Morgan fingerprint density at radius 2 is 1.47 bits per heavy atom. The molecule has 0 aromatic carbocycles. The maximum atomic E-state index is 5.94. The van der Waals surface area contributed by atoms with Gasteiger partial charge in [-0.05, 0) is 45.6 Å². The molecule has 0 aromatic rings. The fourth-order valence-electron chi connectivity index (χ4n) is 2.90. The van der Waals surface area contributed by atoms with Crippen LogP contribution in [0.4, 0.5) is 0 Å². The van der Waals surface area contributed by atoms with Crippen LogP contribution in [0.1, 0.15) is 38.5 Å².